The predicted octanol–water partition coefficient (Wildman–Crippen LogP) is 0.906. The molecule has 1 aromatic rings. The summed E-state index contributed by atoms with van der Waals surface area (Å²) in [6, 6.07) is 4.05. The van der Waals surface area contributed by atoms with Gasteiger partial charge >= 0.3 is 0 Å². The molecule has 1 rings (SSSR count). The van der Waals surface area contributed by atoms with E-state index in [1.165, 1.54) is 4.88 Å². The maximum Gasteiger partial charge on any atom is 0.0771 e. The lowest BCUT2D eigenvalue weighted by Crippen LogP contribution is -2.20. The monoisotopic (exact) mass is 239 g/mol. The molecule has 0 aromatic carbocycles. The molecule has 0 unspecified atom stereocenters. The van der Waals surface area contributed by atoms with Crippen LogP contribution in [0.3, 0.4) is 0 Å². The van der Waals surface area contributed by atoms with Gasteiger partial charge in [-0.3, -0.25) is 4.90 Å². The third kappa shape index (κ3) is 4.77. The van der Waals surface area contributed by atoms with E-state index in [9.17, 15) is 0 Å². The van der Waals surface area contributed by atoms with E-state index in [4.69, 9.17) is 10.2 Å². The molecule has 1 heterocycles. The van der Waals surface area contributed by atoms with Crippen LogP contribution in [-0.4, -0.2) is 41.9 Å². The third-order valence-corrected chi connectivity index (χ3v) is 3.00. The average molecular weight is 239 g/mol. The molecule has 4 heteroatoms. The Balaban J connectivity index is 2.49. The summed E-state index contributed by atoms with van der Waals surface area (Å²) in [4.78, 5) is 4.33. The molecule has 0 fully saturated rings. The lowest BCUT2D eigenvalue weighted by molar-refractivity contribution is 0.218. The van der Waals surface area contributed by atoms with Gasteiger partial charge in [-0.1, -0.05) is 11.8 Å². The van der Waals surface area contributed by atoms with Crippen molar-refractivity contribution in [2.75, 3.05) is 26.8 Å². The van der Waals surface area contributed by atoms with Crippen molar-refractivity contribution >= 4 is 11.3 Å². The first kappa shape index (κ1) is 13.2. The lowest BCUT2D eigenvalue weighted by atomic mass is 10.4. The number of hydrogen-bond acceptors (Lipinski definition) is 4. The Labute approximate surface area is 100 Å². The van der Waals surface area contributed by atoms with E-state index in [1.54, 1.807) is 11.3 Å². The van der Waals surface area contributed by atoms with Crippen molar-refractivity contribution < 1.29 is 10.2 Å². The Kier molecular flexibility index (Phi) is 6.12. The first-order valence-corrected chi connectivity index (χ1v) is 6.05. The highest BCUT2D eigenvalue weighted by molar-refractivity contribution is 7.12. The molecular weight excluding hydrogens is 222 g/mol. The fraction of sp³-hybridized carbons (Fsp3) is 0.500. The number of aliphatic hydroxyl groups is 2. The highest BCUT2D eigenvalue weighted by Crippen LogP contribution is 2.16. The lowest BCUT2D eigenvalue weighted by Gasteiger charge is -2.12. The molecule has 0 aliphatic carbocycles. The molecular formula is C12H17NO2S. The van der Waals surface area contributed by atoms with E-state index in [-0.39, 0.29) is 13.2 Å². The molecule has 1 aromatic heterocycles. The van der Waals surface area contributed by atoms with Crippen LogP contribution >= 0.6 is 11.3 Å². The fourth-order valence-corrected chi connectivity index (χ4v) is 2.21. The van der Waals surface area contributed by atoms with Gasteiger partial charge in [0, 0.05) is 24.4 Å². The number of thiophene rings is 1. The zero-order chi connectivity index (χ0) is 11.8. The second-order valence-corrected chi connectivity index (χ2v) is 4.67. The van der Waals surface area contributed by atoms with E-state index in [0.29, 0.717) is 13.0 Å². The van der Waals surface area contributed by atoms with Crippen LogP contribution in [0, 0.1) is 11.8 Å². The summed E-state index contributed by atoms with van der Waals surface area (Å²) in [7, 11) is 1.98. The van der Waals surface area contributed by atoms with Crippen molar-refractivity contribution in [2.45, 2.75) is 13.0 Å². The van der Waals surface area contributed by atoms with Crippen molar-refractivity contribution in [3.63, 3.8) is 0 Å². The topological polar surface area (TPSA) is 43.7 Å². The minimum absolute atomic E-state index is 0.116. The Bertz CT molecular complexity index is 365. The van der Waals surface area contributed by atoms with Gasteiger partial charge in [0.1, 0.15) is 0 Å². The van der Waals surface area contributed by atoms with Crippen LogP contribution in [0.5, 0.6) is 0 Å². The van der Waals surface area contributed by atoms with E-state index < -0.39 is 0 Å². The van der Waals surface area contributed by atoms with Crippen LogP contribution < -0.4 is 0 Å². The van der Waals surface area contributed by atoms with Crippen LogP contribution in [0.1, 0.15) is 16.2 Å². The Morgan fingerprint density at radius 2 is 2.12 bits per heavy atom. The zero-order valence-corrected chi connectivity index (χ0v) is 10.3. The second-order valence-electron chi connectivity index (χ2n) is 3.50. The SMILES string of the molecule is CN(CCO)Cc1ccc(C#CCCO)s1. The molecule has 0 aliphatic rings. The van der Waals surface area contributed by atoms with Crippen molar-refractivity contribution in [2.24, 2.45) is 0 Å². The first-order chi connectivity index (χ1) is 7.76. The van der Waals surface area contributed by atoms with Gasteiger partial charge in [-0.2, -0.15) is 0 Å². The molecule has 0 atom stereocenters. The summed E-state index contributed by atoms with van der Waals surface area (Å²) < 4.78 is 0. The van der Waals surface area contributed by atoms with Crippen LogP contribution in [-0.2, 0) is 6.54 Å². The molecule has 0 saturated heterocycles. The molecule has 2 N–H and O–H groups in total. The number of rotatable bonds is 5. The average Bonchev–Trinajstić information content (AvgIpc) is 2.66. The van der Waals surface area contributed by atoms with Crippen molar-refractivity contribution in [1.82, 2.24) is 4.90 Å². The summed E-state index contributed by atoms with van der Waals surface area (Å²) in [5, 5.41) is 17.4. The minimum atomic E-state index is 0.116. The Morgan fingerprint density at radius 3 is 2.81 bits per heavy atom. The van der Waals surface area contributed by atoms with Gasteiger partial charge in [0.05, 0.1) is 18.1 Å². The smallest absolute Gasteiger partial charge is 0.0771 e. The maximum absolute atomic E-state index is 8.78. The summed E-state index contributed by atoms with van der Waals surface area (Å²) in [5.74, 6) is 5.91. The van der Waals surface area contributed by atoms with Crippen molar-refractivity contribution in [3.8, 4) is 11.8 Å². The quantitative estimate of drug-likeness (QED) is 0.751. The van der Waals surface area contributed by atoms with Crippen molar-refractivity contribution in [3.05, 3.63) is 21.9 Å². The van der Waals surface area contributed by atoms with Gasteiger partial charge in [-0.05, 0) is 19.2 Å². The van der Waals surface area contributed by atoms with Crippen LogP contribution in [0.2, 0.25) is 0 Å². The highest BCUT2D eigenvalue weighted by Gasteiger charge is 2.02. The molecule has 0 spiro atoms. The van der Waals surface area contributed by atoms with Gasteiger partial charge in [0.15, 0.2) is 0 Å². The van der Waals surface area contributed by atoms with Gasteiger partial charge in [-0.25, -0.2) is 0 Å². The largest absolute Gasteiger partial charge is 0.395 e. The predicted molar refractivity (Wildman–Crippen MR) is 66.3 cm³/mol. The van der Waals surface area contributed by atoms with Crippen LogP contribution in [0.25, 0.3) is 0 Å². The van der Waals surface area contributed by atoms with E-state index >= 15 is 0 Å². The Morgan fingerprint density at radius 1 is 1.31 bits per heavy atom. The molecule has 0 aliphatic heterocycles. The highest BCUT2D eigenvalue weighted by atomic mass is 32.1. The standard InChI is InChI=1S/C12H17NO2S/c1-13(7-9-15)10-12-6-5-11(16-12)4-2-3-8-14/h5-6,14-15H,3,7-10H2,1H3. The molecule has 0 saturated carbocycles. The number of likely N-dealkylation sites (N-methyl/N-ethyl adjacent to an activating group) is 1. The zero-order valence-electron chi connectivity index (χ0n) is 9.44. The third-order valence-electron chi connectivity index (χ3n) is 2.02. The second kappa shape index (κ2) is 7.42. The normalized spacial score (nSPS) is 10.2. The maximum atomic E-state index is 8.78. The summed E-state index contributed by atoms with van der Waals surface area (Å²) in [5.41, 5.74) is 0. The summed E-state index contributed by atoms with van der Waals surface area (Å²) in [6.07, 6.45) is 0.525. The van der Waals surface area contributed by atoms with Gasteiger partial charge in [0.25, 0.3) is 0 Å². The first-order valence-electron chi connectivity index (χ1n) is 5.24. The molecule has 16 heavy (non-hydrogen) atoms. The molecule has 3 nitrogen and oxygen atoms in total. The van der Waals surface area contributed by atoms with Crippen LogP contribution in [0.4, 0.5) is 0 Å². The van der Waals surface area contributed by atoms with Gasteiger partial charge in [-0.15, -0.1) is 11.3 Å². The molecule has 88 valence electrons. The number of hydrogen-bond donors (Lipinski definition) is 2. The van der Waals surface area contributed by atoms with E-state index in [2.05, 4.69) is 22.8 Å². The summed E-state index contributed by atoms with van der Waals surface area (Å²) >= 11 is 1.66. The Hall–Kier alpha value is -0.860. The minimum Gasteiger partial charge on any atom is -0.395 e. The van der Waals surface area contributed by atoms with Crippen molar-refractivity contribution in [1.29, 1.82) is 0 Å². The van der Waals surface area contributed by atoms with E-state index in [0.717, 1.165) is 11.4 Å². The van der Waals surface area contributed by atoms with Crippen LogP contribution in [0.15, 0.2) is 12.1 Å². The molecule has 0 bridgehead atoms. The van der Waals surface area contributed by atoms with Gasteiger partial charge in [0.2, 0.25) is 0 Å². The van der Waals surface area contributed by atoms with Gasteiger partial charge < -0.3 is 10.2 Å². The fourth-order valence-electron chi connectivity index (χ4n) is 1.25. The number of aliphatic hydroxyl groups excluding tert-OH is 2. The van der Waals surface area contributed by atoms with E-state index in [1.807, 2.05) is 13.1 Å². The molecule has 0 radical (unpaired) electrons. The summed E-state index contributed by atoms with van der Waals surface area (Å²) in [6.45, 7) is 1.83. The number of nitrogens with zero attached hydrogens (tertiary/aromatic N) is 1. The molecule has 0 amide bonds.